The maximum Gasteiger partial charge on any atom is 0.187 e. The molecule has 0 bridgehead atoms. The van der Waals surface area contributed by atoms with E-state index in [0.29, 0.717) is 34.3 Å². The van der Waals surface area contributed by atoms with Crippen LogP contribution in [0.2, 0.25) is 0 Å². The lowest BCUT2D eigenvalue weighted by Gasteiger charge is -2.15. The standard InChI is InChI=1S/C38H23N7/c1-23-42-24(2)44-38(43-23)34-15-6-26(22-40)18-35(34)45-36-19-29(27-7-4-25(21-39)5-8-27)11-16-32(36)33-17-12-30(20-37(33)45)28-9-13-31(41-3)14-10-28/h4-20H,1-2H3. The van der Waals surface area contributed by atoms with Crippen LogP contribution in [-0.2, 0) is 0 Å². The first-order chi connectivity index (χ1) is 21.9. The molecule has 0 aliphatic carbocycles. The molecule has 0 spiro atoms. The van der Waals surface area contributed by atoms with Gasteiger partial charge in [0.15, 0.2) is 11.5 Å². The van der Waals surface area contributed by atoms with Crippen molar-refractivity contribution in [2.24, 2.45) is 0 Å². The molecule has 45 heavy (non-hydrogen) atoms. The molecule has 0 N–H and O–H groups in total. The third-order valence-corrected chi connectivity index (χ3v) is 7.91. The number of rotatable bonds is 4. The molecule has 2 aromatic heterocycles. The molecule has 0 saturated carbocycles. The van der Waals surface area contributed by atoms with Crippen LogP contribution in [0.5, 0.6) is 0 Å². The Morgan fingerprint density at radius 2 is 1.11 bits per heavy atom. The third-order valence-electron chi connectivity index (χ3n) is 7.91. The summed E-state index contributed by atoms with van der Waals surface area (Å²) < 4.78 is 2.18. The monoisotopic (exact) mass is 577 g/mol. The number of fused-ring (bicyclic) bond motifs is 3. The average Bonchev–Trinajstić information content (AvgIpc) is 3.40. The molecule has 0 atom stereocenters. The molecule has 0 amide bonds. The van der Waals surface area contributed by atoms with Gasteiger partial charge in [-0.05, 0) is 78.6 Å². The second-order valence-electron chi connectivity index (χ2n) is 10.7. The van der Waals surface area contributed by atoms with Crippen LogP contribution in [0.1, 0.15) is 22.8 Å². The predicted molar refractivity (Wildman–Crippen MR) is 176 cm³/mol. The Morgan fingerprint density at radius 3 is 1.64 bits per heavy atom. The number of hydrogen-bond donors (Lipinski definition) is 0. The van der Waals surface area contributed by atoms with E-state index in [1.54, 1.807) is 6.07 Å². The Hall–Kier alpha value is -6.62. The van der Waals surface area contributed by atoms with Gasteiger partial charge >= 0.3 is 0 Å². The quantitative estimate of drug-likeness (QED) is 0.195. The maximum atomic E-state index is 9.96. The molecular formula is C38H23N7. The van der Waals surface area contributed by atoms with Gasteiger partial charge in [0.2, 0.25) is 0 Å². The van der Waals surface area contributed by atoms with E-state index >= 15 is 0 Å². The molecule has 7 aromatic rings. The van der Waals surface area contributed by atoms with Crippen molar-refractivity contribution >= 4 is 27.5 Å². The highest BCUT2D eigenvalue weighted by atomic mass is 15.0. The van der Waals surface area contributed by atoms with Crippen molar-refractivity contribution in [3.05, 3.63) is 137 Å². The third kappa shape index (κ3) is 4.83. The summed E-state index contributed by atoms with van der Waals surface area (Å²) in [6.45, 7) is 11.0. The summed E-state index contributed by atoms with van der Waals surface area (Å²) in [7, 11) is 0. The zero-order chi connectivity index (χ0) is 31.1. The molecule has 0 fully saturated rings. The Balaban J connectivity index is 1.56. The number of hydrogen-bond acceptors (Lipinski definition) is 5. The van der Waals surface area contributed by atoms with Gasteiger partial charge in [-0.25, -0.2) is 19.8 Å². The molecule has 0 radical (unpaired) electrons. The Kier molecular flexibility index (Phi) is 6.59. The first-order valence-corrected chi connectivity index (χ1v) is 14.3. The molecular weight excluding hydrogens is 554 g/mol. The number of aryl methyl sites for hydroxylation is 2. The summed E-state index contributed by atoms with van der Waals surface area (Å²) in [6.07, 6.45) is 0. The first kappa shape index (κ1) is 27.2. The summed E-state index contributed by atoms with van der Waals surface area (Å²) in [4.78, 5) is 17.3. The number of benzene rings is 5. The van der Waals surface area contributed by atoms with Gasteiger partial charge in [-0.2, -0.15) is 10.5 Å². The second kappa shape index (κ2) is 10.9. The molecule has 7 nitrogen and oxygen atoms in total. The smallest absolute Gasteiger partial charge is 0.187 e. The molecule has 0 aliphatic rings. The van der Waals surface area contributed by atoms with Gasteiger partial charge in [0.1, 0.15) is 11.6 Å². The van der Waals surface area contributed by atoms with E-state index in [1.165, 1.54) is 0 Å². The van der Waals surface area contributed by atoms with Crippen molar-refractivity contribution < 1.29 is 0 Å². The van der Waals surface area contributed by atoms with Gasteiger partial charge in [-0.15, -0.1) is 0 Å². The fourth-order valence-corrected chi connectivity index (χ4v) is 5.81. The van der Waals surface area contributed by atoms with Crippen LogP contribution < -0.4 is 0 Å². The van der Waals surface area contributed by atoms with E-state index in [1.807, 2.05) is 74.5 Å². The Bertz CT molecular complexity index is 2280. The molecule has 7 heteroatoms. The largest absolute Gasteiger partial charge is 0.308 e. The fourth-order valence-electron chi connectivity index (χ4n) is 5.81. The minimum atomic E-state index is 0.514. The summed E-state index contributed by atoms with van der Waals surface area (Å²) in [6, 6.07) is 37.9. The highest BCUT2D eigenvalue weighted by Gasteiger charge is 2.20. The SMILES string of the molecule is [C-]#[N+]c1ccc(-c2ccc3c4ccc(-c5ccc(C#N)cc5)cc4n(-c4cc(C#N)ccc4-c4nc(C)nc(C)n4)c3c2)cc1. The Labute approximate surface area is 259 Å². The fraction of sp³-hybridized carbons (Fsp3) is 0.0526. The molecule has 0 unspecified atom stereocenters. The Morgan fingerprint density at radius 1 is 0.600 bits per heavy atom. The first-order valence-electron chi connectivity index (χ1n) is 14.3. The summed E-state index contributed by atoms with van der Waals surface area (Å²) in [5.41, 5.74) is 9.14. The molecule has 210 valence electrons. The second-order valence-corrected chi connectivity index (χ2v) is 10.7. The van der Waals surface area contributed by atoms with Crippen molar-refractivity contribution in [1.82, 2.24) is 19.5 Å². The summed E-state index contributed by atoms with van der Waals surface area (Å²) in [5, 5.41) is 21.4. The van der Waals surface area contributed by atoms with Crippen LogP contribution in [-0.4, -0.2) is 19.5 Å². The molecule has 2 heterocycles. The predicted octanol–water partition coefficient (Wildman–Crippen LogP) is 8.88. The van der Waals surface area contributed by atoms with Crippen molar-refractivity contribution in [2.45, 2.75) is 13.8 Å². The van der Waals surface area contributed by atoms with E-state index in [0.717, 1.165) is 55.3 Å². The van der Waals surface area contributed by atoms with Crippen molar-refractivity contribution in [2.75, 3.05) is 0 Å². The van der Waals surface area contributed by atoms with Gasteiger partial charge in [-0.3, -0.25) is 0 Å². The van der Waals surface area contributed by atoms with Crippen molar-refractivity contribution in [3.63, 3.8) is 0 Å². The summed E-state index contributed by atoms with van der Waals surface area (Å²) in [5.74, 6) is 1.76. The van der Waals surface area contributed by atoms with Gasteiger partial charge in [0, 0.05) is 16.3 Å². The van der Waals surface area contributed by atoms with Crippen LogP contribution >= 0.6 is 0 Å². The molecule has 7 rings (SSSR count). The highest BCUT2D eigenvalue weighted by molar-refractivity contribution is 6.11. The molecule has 0 aliphatic heterocycles. The van der Waals surface area contributed by atoms with Crippen LogP contribution in [0.25, 0.3) is 66.0 Å². The molecule has 5 aromatic carbocycles. The van der Waals surface area contributed by atoms with Crippen molar-refractivity contribution in [1.29, 1.82) is 10.5 Å². The normalized spacial score (nSPS) is 10.8. The summed E-state index contributed by atoms with van der Waals surface area (Å²) >= 11 is 0. The number of nitrogens with zero attached hydrogens (tertiary/aromatic N) is 7. The van der Waals surface area contributed by atoms with Gasteiger partial charge < -0.3 is 4.57 Å². The average molecular weight is 578 g/mol. The van der Waals surface area contributed by atoms with E-state index in [4.69, 9.17) is 6.57 Å². The van der Waals surface area contributed by atoms with Crippen LogP contribution in [0.3, 0.4) is 0 Å². The van der Waals surface area contributed by atoms with Crippen molar-refractivity contribution in [3.8, 4) is 51.5 Å². The molecule has 0 saturated heterocycles. The van der Waals surface area contributed by atoms with E-state index < -0.39 is 0 Å². The highest BCUT2D eigenvalue weighted by Crippen LogP contribution is 2.39. The van der Waals surface area contributed by atoms with Gasteiger partial charge in [-0.1, -0.05) is 60.7 Å². The zero-order valence-electron chi connectivity index (χ0n) is 24.4. The lowest BCUT2D eigenvalue weighted by atomic mass is 10.0. The van der Waals surface area contributed by atoms with E-state index in [-0.39, 0.29) is 0 Å². The van der Waals surface area contributed by atoms with Gasteiger partial charge in [0.05, 0.1) is 46.6 Å². The van der Waals surface area contributed by atoms with Crippen LogP contribution in [0.4, 0.5) is 5.69 Å². The minimum Gasteiger partial charge on any atom is -0.308 e. The van der Waals surface area contributed by atoms with Crippen LogP contribution in [0.15, 0.2) is 103 Å². The maximum absolute atomic E-state index is 9.96. The minimum absolute atomic E-state index is 0.514. The number of aromatic nitrogens is 4. The van der Waals surface area contributed by atoms with Crippen LogP contribution in [0, 0.1) is 43.1 Å². The lowest BCUT2D eigenvalue weighted by molar-refractivity contribution is 0.926. The lowest BCUT2D eigenvalue weighted by Crippen LogP contribution is -2.04. The topological polar surface area (TPSA) is 95.5 Å². The number of nitriles is 2. The van der Waals surface area contributed by atoms with E-state index in [9.17, 15) is 10.5 Å². The van der Waals surface area contributed by atoms with Gasteiger partial charge in [0.25, 0.3) is 0 Å². The zero-order valence-corrected chi connectivity index (χ0v) is 24.4. The van der Waals surface area contributed by atoms with E-state index in [2.05, 4.69) is 72.9 Å².